The van der Waals surface area contributed by atoms with Crippen molar-refractivity contribution in [2.75, 3.05) is 17.3 Å². The number of nitrogens with zero attached hydrogens (tertiary/aromatic N) is 1. The Labute approximate surface area is 208 Å². The van der Waals surface area contributed by atoms with E-state index >= 15 is 0 Å². The second-order valence-electron chi connectivity index (χ2n) is 8.64. The first-order valence-corrected chi connectivity index (χ1v) is 11.7. The molecule has 2 heterocycles. The van der Waals surface area contributed by atoms with Gasteiger partial charge in [-0.1, -0.05) is 23.7 Å². The van der Waals surface area contributed by atoms with Crippen molar-refractivity contribution in [3.63, 3.8) is 0 Å². The Bertz CT molecular complexity index is 1280. The van der Waals surface area contributed by atoms with Gasteiger partial charge in [-0.3, -0.25) is 9.69 Å². The summed E-state index contributed by atoms with van der Waals surface area (Å²) in [5.41, 5.74) is 2.31. The third-order valence-electron chi connectivity index (χ3n) is 6.36. The van der Waals surface area contributed by atoms with Crippen molar-refractivity contribution >= 4 is 46.2 Å². The van der Waals surface area contributed by atoms with Gasteiger partial charge in [-0.25, -0.2) is 0 Å². The smallest absolute Gasteiger partial charge is 0.236 e. The van der Waals surface area contributed by atoms with Gasteiger partial charge in [0.25, 0.3) is 0 Å². The zero-order valence-corrected chi connectivity index (χ0v) is 20.5. The number of amides is 1. The average molecular weight is 494 g/mol. The van der Waals surface area contributed by atoms with E-state index in [0.29, 0.717) is 27.3 Å². The summed E-state index contributed by atoms with van der Waals surface area (Å²) < 4.78 is 12.1. The van der Waals surface area contributed by atoms with Gasteiger partial charge in [0.05, 0.1) is 13.2 Å². The summed E-state index contributed by atoms with van der Waals surface area (Å²) in [7, 11) is 1.61. The molecule has 3 aromatic rings. The molecule has 0 aromatic heterocycles. The number of methoxy groups -OCH3 is 1. The van der Waals surface area contributed by atoms with E-state index in [9.17, 15) is 4.79 Å². The van der Waals surface area contributed by atoms with Crippen LogP contribution in [0.15, 0.2) is 66.7 Å². The van der Waals surface area contributed by atoms with Crippen molar-refractivity contribution in [2.24, 2.45) is 5.92 Å². The van der Waals surface area contributed by atoms with Crippen LogP contribution in [0.3, 0.4) is 0 Å². The monoisotopic (exact) mass is 493 g/mol. The molecule has 3 atom stereocenters. The third-order valence-corrected chi connectivity index (χ3v) is 6.91. The minimum atomic E-state index is -1.08. The number of carbonyl (C=O) groups is 1. The lowest BCUT2D eigenvalue weighted by Crippen LogP contribution is -2.72. The fourth-order valence-electron chi connectivity index (χ4n) is 4.80. The SMILES string of the molecule is COc1ccc2c(c1)[C@H]1NC(=S)N(c3cccc(C)c3)[C@@](C)(O2)[C@H]1C(=O)Nc1ccc(Cl)cc1. The van der Waals surface area contributed by atoms with E-state index in [1.807, 2.05) is 61.2 Å². The summed E-state index contributed by atoms with van der Waals surface area (Å²) >= 11 is 11.8. The van der Waals surface area contributed by atoms with Crippen LogP contribution in [0.25, 0.3) is 0 Å². The molecule has 0 unspecified atom stereocenters. The molecule has 2 N–H and O–H groups in total. The van der Waals surface area contributed by atoms with E-state index in [-0.39, 0.29) is 5.91 Å². The molecular weight excluding hydrogens is 470 g/mol. The normalized spacial score (nSPS) is 22.8. The number of halogens is 1. The van der Waals surface area contributed by atoms with Crippen molar-refractivity contribution in [3.8, 4) is 11.5 Å². The molecule has 1 saturated heterocycles. The Morgan fingerprint density at radius 1 is 1.18 bits per heavy atom. The Kier molecular flexibility index (Phi) is 5.62. The lowest BCUT2D eigenvalue weighted by molar-refractivity contribution is -0.130. The topological polar surface area (TPSA) is 62.8 Å². The van der Waals surface area contributed by atoms with Gasteiger partial charge in [0.2, 0.25) is 5.91 Å². The van der Waals surface area contributed by atoms with Gasteiger partial charge >= 0.3 is 0 Å². The van der Waals surface area contributed by atoms with Crippen molar-refractivity contribution in [1.29, 1.82) is 0 Å². The summed E-state index contributed by atoms with van der Waals surface area (Å²) in [6, 6.07) is 20.2. The van der Waals surface area contributed by atoms with Crippen molar-refractivity contribution in [3.05, 3.63) is 82.9 Å². The second kappa shape index (κ2) is 8.49. The van der Waals surface area contributed by atoms with Crippen LogP contribution in [0.5, 0.6) is 11.5 Å². The number of benzene rings is 3. The average Bonchev–Trinajstić information content (AvgIpc) is 2.80. The summed E-state index contributed by atoms with van der Waals surface area (Å²) in [6.07, 6.45) is 0. The Hall–Kier alpha value is -3.29. The summed E-state index contributed by atoms with van der Waals surface area (Å²) in [4.78, 5) is 15.7. The van der Waals surface area contributed by atoms with Gasteiger partial charge in [0.1, 0.15) is 17.4 Å². The molecule has 0 aliphatic carbocycles. The molecule has 6 nitrogen and oxygen atoms in total. The number of hydrogen-bond acceptors (Lipinski definition) is 4. The quantitative estimate of drug-likeness (QED) is 0.471. The molecule has 1 amide bonds. The van der Waals surface area contributed by atoms with E-state index in [1.54, 1.807) is 31.4 Å². The number of carbonyl (C=O) groups excluding carboxylic acids is 1. The minimum absolute atomic E-state index is 0.198. The van der Waals surface area contributed by atoms with E-state index in [0.717, 1.165) is 16.8 Å². The maximum atomic E-state index is 13.8. The van der Waals surface area contributed by atoms with Gasteiger partial charge in [0, 0.05) is 22.0 Å². The van der Waals surface area contributed by atoms with Gasteiger partial charge in [-0.2, -0.15) is 0 Å². The molecule has 3 aromatic carbocycles. The van der Waals surface area contributed by atoms with Crippen molar-refractivity contribution in [2.45, 2.75) is 25.6 Å². The highest BCUT2D eigenvalue weighted by Gasteiger charge is 2.59. The lowest BCUT2D eigenvalue weighted by atomic mass is 9.78. The molecule has 0 radical (unpaired) electrons. The number of aryl methyl sites for hydroxylation is 1. The van der Waals surface area contributed by atoms with E-state index in [4.69, 9.17) is 33.3 Å². The molecule has 8 heteroatoms. The molecule has 2 aliphatic rings. The number of hydrogen-bond donors (Lipinski definition) is 2. The fourth-order valence-corrected chi connectivity index (χ4v) is 5.34. The second-order valence-corrected chi connectivity index (χ2v) is 9.46. The maximum Gasteiger partial charge on any atom is 0.236 e. The van der Waals surface area contributed by atoms with E-state index in [2.05, 4.69) is 10.6 Å². The van der Waals surface area contributed by atoms with Crippen LogP contribution >= 0.6 is 23.8 Å². The predicted molar refractivity (Wildman–Crippen MR) is 138 cm³/mol. The number of rotatable bonds is 4. The van der Waals surface area contributed by atoms with Crippen LogP contribution in [0, 0.1) is 12.8 Å². The molecule has 5 rings (SSSR count). The standard InChI is InChI=1S/C26H24ClN3O3S/c1-15-5-4-6-18(13-15)30-25(34)29-23-20-14-19(32-3)11-12-21(20)33-26(30,2)22(23)24(31)28-17-9-7-16(27)8-10-17/h4-14,22-23H,1-3H3,(H,28,31)(H,29,34)/t22-,23-,26+/m1/s1. The Balaban J connectivity index is 1.63. The largest absolute Gasteiger partial charge is 0.497 e. The molecule has 174 valence electrons. The first-order chi connectivity index (χ1) is 16.3. The number of ether oxygens (including phenoxy) is 2. The molecule has 0 spiro atoms. The molecule has 2 aliphatic heterocycles. The van der Waals surface area contributed by atoms with Gasteiger partial charge in [-0.05, 0) is 86.2 Å². The number of nitrogens with one attached hydrogen (secondary N) is 2. The fraction of sp³-hybridized carbons (Fsp3) is 0.231. The summed E-state index contributed by atoms with van der Waals surface area (Å²) in [5, 5.41) is 7.53. The Morgan fingerprint density at radius 3 is 2.65 bits per heavy atom. The van der Waals surface area contributed by atoms with Crippen LogP contribution in [-0.2, 0) is 4.79 Å². The number of thiocarbonyl (C=S) groups is 1. The van der Waals surface area contributed by atoms with E-state index < -0.39 is 17.7 Å². The highest BCUT2D eigenvalue weighted by molar-refractivity contribution is 7.80. The van der Waals surface area contributed by atoms with Crippen LogP contribution < -0.4 is 25.0 Å². The van der Waals surface area contributed by atoms with Gasteiger partial charge in [0.15, 0.2) is 10.8 Å². The van der Waals surface area contributed by atoms with Gasteiger partial charge in [-0.15, -0.1) is 0 Å². The van der Waals surface area contributed by atoms with Crippen LogP contribution in [-0.4, -0.2) is 23.9 Å². The highest BCUT2D eigenvalue weighted by Crippen LogP contribution is 2.50. The van der Waals surface area contributed by atoms with Crippen molar-refractivity contribution in [1.82, 2.24) is 5.32 Å². The number of anilines is 2. The molecule has 0 saturated carbocycles. The minimum Gasteiger partial charge on any atom is -0.497 e. The molecular formula is C26H24ClN3O3S. The van der Waals surface area contributed by atoms with Gasteiger partial charge < -0.3 is 20.1 Å². The predicted octanol–water partition coefficient (Wildman–Crippen LogP) is 5.46. The number of fused-ring (bicyclic) bond motifs is 4. The van der Waals surface area contributed by atoms with Crippen LogP contribution in [0.4, 0.5) is 11.4 Å². The summed E-state index contributed by atoms with van der Waals surface area (Å²) in [6.45, 7) is 3.93. The zero-order valence-electron chi connectivity index (χ0n) is 19.0. The maximum absolute atomic E-state index is 13.8. The first-order valence-electron chi connectivity index (χ1n) is 10.9. The van der Waals surface area contributed by atoms with Crippen molar-refractivity contribution < 1.29 is 14.3 Å². The van der Waals surface area contributed by atoms with E-state index in [1.165, 1.54) is 0 Å². The lowest BCUT2D eigenvalue weighted by Gasteiger charge is -2.56. The highest BCUT2D eigenvalue weighted by atomic mass is 35.5. The third kappa shape index (κ3) is 3.75. The van der Waals surface area contributed by atoms with Crippen LogP contribution in [0.2, 0.25) is 5.02 Å². The molecule has 2 bridgehead atoms. The molecule has 34 heavy (non-hydrogen) atoms. The summed E-state index contributed by atoms with van der Waals surface area (Å²) in [5.74, 6) is 0.513. The zero-order chi connectivity index (χ0) is 24.0. The van der Waals surface area contributed by atoms with Crippen LogP contribution in [0.1, 0.15) is 24.1 Å². The Morgan fingerprint density at radius 2 is 1.94 bits per heavy atom. The molecule has 1 fully saturated rings. The first kappa shape index (κ1) is 22.5.